The maximum atomic E-state index is 12.7. The van der Waals surface area contributed by atoms with Gasteiger partial charge in [0.15, 0.2) is 0 Å². The third-order valence-electron chi connectivity index (χ3n) is 4.72. The highest BCUT2D eigenvalue weighted by Crippen LogP contribution is 2.31. The largest absolute Gasteiger partial charge is 0.573 e. The number of rotatable bonds is 3. The number of para-hydroxylation sites is 1. The van der Waals surface area contributed by atoms with Gasteiger partial charge in [0.1, 0.15) is 5.75 Å². The molecule has 7 heteroatoms. The van der Waals surface area contributed by atoms with E-state index in [-0.39, 0.29) is 11.7 Å². The third-order valence-corrected chi connectivity index (χ3v) is 4.72. The van der Waals surface area contributed by atoms with Crippen molar-refractivity contribution in [1.29, 1.82) is 0 Å². The van der Waals surface area contributed by atoms with Crippen LogP contribution in [-0.2, 0) is 12.8 Å². The van der Waals surface area contributed by atoms with Crippen molar-refractivity contribution in [2.75, 3.05) is 5.32 Å². The lowest BCUT2D eigenvalue weighted by molar-refractivity contribution is -0.274. The number of aryl methyl sites for hydroxylation is 2. The number of hydrogen-bond acceptors (Lipinski definition) is 2. The number of carbonyl (C=O) groups is 1. The molecule has 0 bridgehead atoms. The molecule has 27 heavy (non-hydrogen) atoms. The predicted molar refractivity (Wildman–Crippen MR) is 96.0 cm³/mol. The van der Waals surface area contributed by atoms with Crippen molar-refractivity contribution in [2.45, 2.75) is 32.0 Å². The molecule has 0 saturated heterocycles. The molecular formula is C20H17F3N2O2. The summed E-state index contributed by atoms with van der Waals surface area (Å²) in [4.78, 5) is 16.1. The van der Waals surface area contributed by atoms with E-state index < -0.39 is 6.36 Å². The average Bonchev–Trinajstić information content (AvgIpc) is 3.01. The average molecular weight is 374 g/mol. The molecule has 0 radical (unpaired) electrons. The number of fused-ring (bicyclic) bond motifs is 3. The molecule has 1 heterocycles. The Labute approximate surface area is 153 Å². The van der Waals surface area contributed by atoms with Crippen molar-refractivity contribution >= 4 is 22.5 Å². The standard InChI is InChI=1S/C20H17F3N2O2/c21-20(22,23)27-13-10-8-12(9-11-13)24-19(26)16-6-3-5-15-14-4-1-2-7-17(14)25-18(15)16/h3,5-6,8-11,25H,1-2,4,7H2,(H,24,26). The lowest BCUT2D eigenvalue weighted by atomic mass is 9.95. The second-order valence-electron chi connectivity index (χ2n) is 6.54. The number of nitrogens with one attached hydrogen (secondary N) is 2. The van der Waals surface area contributed by atoms with Gasteiger partial charge in [-0.15, -0.1) is 13.2 Å². The molecule has 1 aliphatic rings. The van der Waals surface area contributed by atoms with E-state index in [9.17, 15) is 18.0 Å². The second-order valence-corrected chi connectivity index (χ2v) is 6.54. The summed E-state index contributed by atoms with van der Waals surface area (Å²) < 4.78 is 40.5. The zero-order valence-electron chi connectivity index (χ0n) is 14.3. The van der Waals surface area contributed by atoms with Crippen molar-refractivity contribution in [1.82, 2.24) is 4.98 Å². The molecular weight excluding hydrogens is 357 g/mol. The fourth-order valence-electron chi connectivity index (χ4n) is 3.56. The van der Waals surface area contributed by atoms with Crippen LogP contribution in [0.3, 0.4) is 0 Å². The SMILES string of the molecule is O=C(Nc1ccc(OC(F)(F)F)cc1)c1cccc2c3c([nH]c12)CCCC3. The van der Waals surface area contributed by atoms with E-state index in [4.69, 9.17) is 0 Å². The Kier molecular flexibility index (Phi) is 4.30. The number of anilines is 1. The molecule has 140 valence electrons. The second kappa shape index (κ2) is 6.64. The summed E-state index contributed by atoms with van der Waals surface area (Å²) >= 11 is 0. The molecule has 0 atom stereocenters. The minimum Gasteiger partial charge on any atom is -0.406 e. The maximum absolute atomic E-state index is 12.7. The van der Waals surface area contributed by atoms with Gasteiger partial charge in [0.05, 0.1) is 11.1 Å². The lowest BCUT2D eigenvalue weighted by Gasteiger charge is -2.10. The summed E-state index contributed by atoms with van der Waals surface area (Å²) in [5, 5.41) is 3.79. The van der Waals surface area contributed by atoms with Gasteiger partial charge in [-0.05, 0) is 61.6 Å². The van der Waals surface area contributed by atoms with Crippen molar-refractivity contribution in [3.8, 4) is 5.75 Å². The molecule has 1 aliphatic carbocycles. The van der Waals surface area contributed by atoms with Gasteiger partial charge in [-0.1, -0.05) is 12.1 Å². The third kappa shape index (κ3) is 3.63. The smallest absolute Gasteiger partial charge is 0.406 e. The monoisotopic (exact) mass is 374 g/mol. The Morgan fingerprint density at radius 1 is 1.04 bits per heavy atom. The molecule has 0 aliphatic heterocycles. The number of carbonyl (C=O) groups excluding carboxylic acids is 1. The van der Waals surface area contributed by atoms with E-state index >= 15 is 0 Å². The van der Waals surface area contributed by atoms with Crippen LogP contribution < -0.4 is 10.1 Å². The van der Waals surface area contributed by atoms with Gasteiger partial charge in [0.2, 0.25) is 0 Å². The predicted octanol–water partition coefficient (Wildman–Crippen LogP) is 5.20. The van der Waals surface area contributed by atoms with Crippen LogP contribution in [0.5, 0.6) is 5.75 Å². The van der Waals surface area contributed by atoms with E-state index in [0.717, 1.165) is 48.7 Å². The Morgan fingerprint density at radius 3 is 2.52 bits per heavy atom. The van der Waals surface area contributed by atoms with E-state index in [1.807, 2.05) is 12.1 Å². The van der Waals surface area contributed by atoms with E-state index in [0.29, 0.717) is 11.3 Å². The Hall–Kier alpha value is -2.96. The van der Waals surface area contributed by atoms with Crippen LogP contribution in [-0.4, -0.2) is 17.3 Å². The Bertz CT molecular complexity index is 991. The fraction of sp³-hybridized carbons (Fsp3) is 0.250. The van der Waals surface area contributed by atoms with Crippen molar-refractivity contribution < 1.29 is 22.7 Å². The first-order chi connectivity index (χ1) is 12.9. The van der Waals surface area contributed by atoms with Gasteiger partial charge in [-0.2, -0.15) is 0 Å². The topological polar surface area (TPSA) is 54.1 Å². The van der Waals surface area contributed by atoms with Gasteiger partial charge in [0.25, 0.3) is 5.91 Å². The minimum absolute atomic E-state index is 0.316. The summed E-state index contributed by atoms with van der Waals surface area (Å²) in [6.45, 7) is 0. The highest BCUT2D eigenvalue weighted by Gasteiger charge is 2.31. The zero-order chi connectivity index (χ0) is 19.0. The summed E-state index contributed by atoms with van der Waals surface area (Å²) in [6.07, 6.45) is -0.490. The van der Waals surface area contributed by atoms with Crippen LogP contribution in [0.1, 0.15) is 34.5 Å². The lowest BCUT2D eigenvalue weighted by Crippen LogP contribution is -2.17. The molecule has 4 nitrogen and oxygen atoms in total. The van der Waals surface area contributed by atoms with Gasteiger partial charge in [-0.25, -0.2) is 0 Å². The molecule has 2 N–H and O–H groups in total. The number of halogens is 3. The zero-order valence-corrected chi connectivity index (χ0v) is 14.3. The summed E-state index contributed by atoms with van der Waals surface area (Å²) in [5.41, 5.74) is 4.17. The maximum Gasteiger partial charge on any atom is 0.573 e. The van der Waals surface area contributed by atoms with E-state index in [1.165, 1.54) is 23.4 Å². The van der Waals surface area contributed by atoms with Crippen LogP contribution in [0, 0.1) is 0 Å². The molecule has 0 saturated carbocycles. The molecule has 1 aromatic heterocycles. The normalized spacial score (nSPS) is 14.0. The van der Waals surface area contributed by atoms with E-state index in [1.54, 1.807) is 6.07 Å². The number of benzene rings is 2. The van der Waals surface area contributed by atoms with Crippen molar-refractivity contribution in [3.05, 3.63) is 59.3 Å². The first kappa shape index (κ1) is 17.5. The quantitative estimate of drug-likeness (QED) is 0.662. The number of ether oxygens (including phenoxy) is 1. The molecule has 0 unspecified atom stereocenters. The first-order valence-electron chi connectivity index (χ1n) is 8.70. The van der Waals surface area contributed by atoms with Crippen LogP contribution >= 0.6 is 0 Å². The Balaban J connectivity index is 1.57. The van der Waals surface area contributed by atoms with Crippen molar-refractivity contribution in [3.63, 3.8) is 0 Å². The molecule has 2 aromatic carbocycles. The molecule has 3 aromatic rings. The summed E-state index contributed by atoms with van der Waals surface area (Å²) in [5.74, 6) is -0.650. The van der Waals surface area contributed by atoms with Gasteiger partial charge >= 0.3 is 6.36 Å². The number of H-pyrrole nitrogens is 1. The van der Waals surface area contributed by atoms with Gasteiger partial charge < -0.3 is 15.0 Å². The van der Waals surface area contributed by atoms with Gasteiger partial charge in [0, 0.05) is 16.8 Å². The van der Waals surface area contributed by atoms with Crippen molar-refractivity contribution in [2.24, 2.45) is 0 Å². The van der Waals surface area contributed by atoms with Crippen LogP contribution in [0.15, 0.2) is 42.5 Å². The summed E-state index contributed by atoms with van der Waals surface area (Å²) in [7, 11) is 0. The highest BCUT2D eigenvalue weighted by atomic mass is 19.4. The number of hydrogen-bond donors (Lipinski definition) is 2. The highest BCUT2D eigenvalue weighted by molar-refractivity contribution is 6.12. The van der Waals surface area contributed by atoms with E-state index in [2.05, 4.69) is 15.0 Å². The molecule has 0 spiro atoms. The number of amides is 1. The minimum atomic E-state index is -4.74. The number of aromatic amines is 1. The molecule has 1 amide bonds. The molecule has 0 fully saturated rings. The van der Waals surface area contributed by atoms with Crippen LogP contribution in [0.25, 0.3) is 10.9 Å². The number of alkyl halides is 3. The first-order valence-corrected chi connectivity index (χ1v) is 8.70. The number of aromatic nitrogens is 1. The summed E-state index contributed by atoms with van der Waals surface area (Å²) in [6, 6.07) is 10.7. The Morgan fingerprint density at radius 2 is 1.78 bits per heavy atom. The van der Waals surface area contributed by atoms with Crippen LogP contribution in [0.4, 0.5) is 18.9 Å². The van der Waals surface area contributed by atoms with Gasteiger partial charge in [-0.3, -0.25) is 4.79 Å². The molecule has 4 rings (SSSR count). The van der Waals surface area contributed by atoms with Crippen LogP contribution in [0.2, 0.25) is 0 Å². The fourth-order valence-corrected chi connectivity index (χ4v) is 3.56.